The topological polar surface area (TPSA) is 75.6 Å². The smallest absolute Gasteiger partial charge is 0.274 e. The Morgan fingerprint density at radius 2 is 1.43 bits per heavy atom. The molecule has 0 atom stereocenters. The zero-order chi connectivity index (χ0) is 21.4. The van der Waals surface area contributed by atoms with Crippen LogP contribution in [0.4, 0.5) is 0 Å². The van der Waals surface area contributed by atoms with Crippen molar-refractivity contribution in [3.63, 3.8) is 0 Å². The zero-order valence-corrected chi connectivity index (χ0v) is 17.4. The average molecular weight is 422 g/mol. The van der Waals surface area contributed by atoms with Crippen molar-refractivity contribution in [3.05, 3.63) is 85.7 Å². The molecule has 0 spiro atoms. The molecule has 0 N–H and O–H groups in total. The Labute approximate surface area is 176 Å². The first-order chi connectivity index (χ1) is 14.4. The van der Waals surface area contributed by atoms with Gasteiger partial charge in [-0.05, 0) is 43.4 Å². The Kier molecular flexibility index (Phi) is 5.01. The Hall–Kier alpha value is -3.65. The lowest BCUT2D eigenvalue weighted by molar-refractivity contribution is 0.414. The molecule has 152 valence electrons. The van der Waals surface area contributed by atoms with Gasteiger partial charge in [-0.3, -0.25) is 18.7 Å². The van der Waals surface area contributed by atoms with Gasteiger partial charge in [0.2, 0.25) is 5.71 Å². The normalized spacial score (nSPS) is 10.9. The molecular weight excluding hydrogens is 404 g/mol. The number of nitrogens with zero attached hydrogens (tertiary/aromatic N) is 2. The van der Waals surface area contributed by atoms with Crippen molar-refractivity contribution in [2.45, 2.75) is 6.92 Å². The van der Waals surface area contributed by atoms with E-state index in [2.05, 4.69) is 0 Å². The van der Waals surface area contributed by atoms with E-state index in [1.807, 2.05) is 0 Å². The zero-order valence-electron chi connectivity index (χ0n) is 16.5. The SMILES string of the molecule is COc1cccc(-n2c(=O)c3c(=O)cc(C)oc3n(-c3cccc(OC)c3)c2=S)c1. The van der Waals surface area contributed by atoms with Crippen molar-refractivity contribution >= 4 is 23.3 Å². The Balaban J connectivity index is 2.21. The molecular formula is C22H18N2O5S. The molecule has 0 radical (unpaired) electrons. The number of hydrogen-bond donors (Lipinski definition) is 0. The molecule has 4 rings (SSSR count). The fraction of sp³-hybridized carbons (Fsp3) is 0.136. The summed E-state index contributed by atoms with van der Waals surface area (Å²) in [6.45, 7) is 1.65. The van der Waals surface area contributed by atoms with Crippen LogP contribution in [0.15, 0.2) is 68.6 Å². The van der Waals surface area contributed by atoms with Gasteiger partial charge in [0.05, 0.1) is 25.6 Å². The van der Waals surface area contributed by atoms with Gasteiger partial charge in [-0.15, -0.1) is 0 Å². The summed E-state index contributed by atoms with van der Waals surface area (Å²) in [6, 6.07) is 15.3. The highest BCUT2D eigenvalue weighted by Crippen LogP contribution is 2.23. The van der Waals surface area contributed by atoms with Gasteiger partial charge < -0.3 is 13.9 Å². The number of rotatable bonds is 4. The molecule has 2 aromatic heterocycles. The second kappa shape index (κ2) is 7.64. The van der Waals surface area contributed by atoms with E-state index in [4.69, 9.17) is 26.1 Å². The number of fused-ring (bicyclic) bond motifs is 1. The minimum absolute atomic E-state index is 0.0856. The maximum Gasteiger partial charge on any atom is 0.274 e. The van der Waals surface area contributed by atoms with Crippen LogP contribution in [-0.2, 0) is 0 Å². The van der Waals surface area contributed by atoms with Gasteiger partial charge in [0.1, 0.15) is 22.6 Å². The molecule has 0 unspecified atom stereocenters. The third-order valence-electron chi connectivity index (χ3n) is 4.68. The molecule has 2 aromatic carbocycles. The molecule has 0 saturated heterocycles. The predicted octanol–water partition coefficient (Wildman–Crippen LogP) is 3.79. The van der Waals surface area contributed by atoms with Crippen LogP contribution < -0.4 is 20.5 Å². The summed E-state index contributed by atoms with van der Waals surface area (Å²) in [5.74, 6) is 1.52. The number of ether oxygens (including phenoxy) is 2. The first-order valence-corrected chi connectivity index (χ1v) is 9.47. The first-order valence-electron chi connectivity index (χ1n) is 9.06. The minimum Gasteiger partial charge on any atom is -0.497 e. The van der Waals surface area contributed by atoms with Crippen LogP contribution in [0, 0.1) is 11.7 Å². The summed E-state index contributed by atoms with van der Waals surface area (Å²) < 4.78 is 19.4. The molecule has 4 aromatic rings. The monoisotopic (exact) mass is 422 g/mol. The minimum atomic E-state index is -0.559. The summed E-state index contributed by atoms with van der Waals surface area (Å²) in [6.07, 6.45) is 0. The molecule has 0 aliphatic rings. The standard InChI is InChI=1S/C22H18N2O5S/c1-13-10-18(25)19-20(26)23(14-6-4-8-16(11-14)27-2)22(30)24(21(19)29-13)15-7-5-9-17(12-15)28-3/h4-12H,1-3H3. The summed E-state index contributed by atoms with van der Waals surface area (Å²) in [5.41, 5.74) is 0.151. The van der Waals surface area contributed by atoms with Crippen molar-refractivity contribution in [3.8, 4) is 22.9 Å². The van der Waals surface area contributed by atoms with Gasteiger partial charge in [-0.2, -0.15) is 0 Å². The van der Waals surface area contributed by atoms with Gasteiger partial charge in [-0.1, -0.05) is 12.1 Å². The van der Waals surface area contributed by atoms with Crippen LogP contribution in [0.5, 0.6) is 11.5 Å². The van der Waals surface area contributed by atoms with E-state index < -0.39 is 11.0 Å². The van der Waals surface area contributed by atoms with Gasteiger partial charge in [0.25, 0.3) is 5.56 Å². The third-order valence-corrected chi connectivity index (χ3v) is 5.04. The molecule has 0 aliphatic carbocycles. The Morgan fingerprint density at radius 3 is 2.00 bits per heavy atom. The molecule has 0 fully saturated rings. The lowest BCUT2D eigenvalue weighted by atomic mass is 10.2. The van der Waals surface area contributed by atoms with Crippen molar-refractivity contribution in [2.24, 2.45) is 0 Å². The van der Waals surface area contributed by atoms with Crippen LogP contribution in [0.3, 0.4) is 0 Å². The summed E-state index contributed by atoms with van der Waals surface area (Å²) in [7, 11) is 3.09. The van der Waals surface area contributed by atoms with E-state index >= 15 is 0 Å². The highest BCUT2D eigenvalue weighted by atomic mass is 32.1. The van der Waals surface area contributed by atoms with Gasteiger partial charge >= 0.3 is 0 Å². The van der Waals surface area contributed by atoms with E-state index in [0.717, 1.165) is 0 Å². The lowest BCUT2D eigenvalue weighted by Gasteiger charge is -2.16. The fourth-order valence-corrected chi connectivity index (χ4v) is 3.67. The van der Waals surface area contributed by atoms with Crippen LogP contribution in [0.1, 0.15) is 5.76 Å². The third kappa shape index (κ3) is 3.21. The number of benzene rings is 2. The second-order valence-electron chi connectivity index (χ2n) is 6.56. The maximum atomic E-state index is 13.3. The number of methoxy groups -OCH3 is 2. The molecule has 2 heterocycles. The van der Waals surface area contributed by atoms with Gasteiger partial charge in [0.15, 0.2) is 10.2 Å². The molecule has 0 aliphatic heterocycles. The van der Waals surface area contributed by atoms with E-state index in [0.29, 0.717) is 28.6 Å². The van der Waals surface area contributed by atoms with Crippen LogP contribution in [0.2, 0.25) is 0 Å². The lowest BCUT2D eigenvalue weighted by Crippen LogP contribution is -2.28. The van der Waals surface area contributed by atoms with E-state index in [9.17, 15) is 9.59 Å². The fourth-order valence-electron chi connectivity index (χ4n) is 3.29. The predicted molar refractivity (Wildman–Crippen MR) is 116 cm³/mol. The van der Waals surface area contributed by atoms with Crippen LogP contribution >= 0.6 is 12.2 Å². The van der Waals surface area contributed by atoms with E-state index in [1.165, 1.54) is 17.7 Å². The van der Waals surface area contributed by atoms with Crippen molar-refractivity contribution in [1.29, 1.82) is 0 Å². The molecule has 0 bridgehead atoms. The largest absolute Gasteiger partial charge is 0.497 e. The molecule has 8 heteroatoms. The van der Waals surface area contributed by atoms with Crippen molar-refractivity contribution in [2.75, 3.05) is 14.2 Å². The van der Waals surface area contributed by atoms with E-state index in [1.54, 1.807) is 67.1 Å². The maximum absolute atomic E-state index is 13.3. The van der Waals surface area contributed by atoms with E-state index in [-0.39, 0.29) is 15.9 Å². The Morgan fingerprint density at radius 1 is 0.867 bits per heavy atom. The van der Waals surface area contributed by atoms with Gasteiger partial charge in [-0.25, -0.2) is 0 Å². The number of hydrogen-bond acceptors (Lipinski definition) is 6. The van der Waals surface area contributed by atoms with Crippen molar-refractivity contribution in [1.82, 2.24) is 9.13 Å². The van der Waals surface area contributed by atoms with Crippen LogP contribution in [0.25, 0.3) is 22.5 Å². The van der Waals surface area contributed by atoms with Gasteiger partial charge in [0, 0.05) is 18.2 Å². The molecule has 30 heavy (non-hydrogen) atoms. The average Bonchev–Trinajstić information content (AvgIpc) is 2.73. The molecule has 0 amide bonds. The quantitative estimate of drug-likeness (QED) is 0.466. The Bertz CT molecular complexity index is 1450. The van der Waals surface area contributed by atoms with Crippen molar-refractivity contribution < 1.29 is 13.9 Å². The molecule has 7 nitrogen and oxygen atoms in total. The summed E-state index contributed by atoms with van der Waals surface area (Å²) in [5, 5.41) is -0.0974. The first kappa shape index (κ1) is 19.7. The number of aryl methyl sites for hydroxylation is 1. The highest BCUT2D eigenvalue weighted by Gasteiger charge is 2.19. The second-order valence-corrected chi connectivity index (χ2v) is 6.93. The summed E-state index contributed by atoms with van der Waals surface area (Å²) >= 11 is 5.70. The highest BCUT2D eigenvalue weighted by molar-refractivity contribution is 7.71. The summed E-state index contributed by atoms with van der Waals surface area (Å²) in [4.78, 5) is 26.1. The van der Waals surface area contributed by atoms with Crippen LogP contribution in [-0.4, -0.2) is 23.4 Å². The number of aromatic nitrogens is 2. The molecule has 0 saturated carbocycles.